The van der Waals surface area contributed by atoms with E-state index in [9.17, 15) is 63.4 Å². The Morgan fingerprint density at radius 3 is 1.52 bits per heavy atom. The van der Waals surface area contributed by atoms with Crippen LogP contribution < -0.4 is 22.9 Å². The summed E-state index contributed by atoms with van der Waals surface area (Å²) >= 11 is 0. The highest BCUT2D eigenvalue weighted by molar-refractivity contribution is 7.47. The van der Waals surface area contributed by atoms with Crippen molar-refractivity contribution in [3.63, 3.8) is 0 Å². The van der Waals surface area contributed by atoms with Gasteiger partial charge in [-0.2, -0.15) is 0 Å². The molecule has 11 rings (SSSR count). The van der Waals surface area contributed by atoms with Crippen LogP contribution in [0.25, 0.3) is 44.7 Å². The average molecular weight is 1290 g/mol. The van der Waals surface area contributed by atoms with E-state index >= 15 is 0 Å². The molecule has 8 aromatic heterocycles. The van der Waals surface area contributed by atoms with Crippen molar-refractivity contribution in [1.29, 1.82) is 0 Å². The maximum Gasteiger partial charge on any atom is 0.698 e. The molecule has 3 aliphatic heterocycles. The van der Waals surface area contributed by atoms with Gasteiger partial charge in [0.05, 0.1) is 51.7 Å². The number of rotatable bonds is 24. The van der Waals surface area contributed by atoms with E-state index in [2.05, 4.69) is 64.3 Å². The van der Waals surface area contributed by atoms with Crippen molar-refractivity contribution >= 4 is 99.6 Å². The number of nitrogens with two attached hydrogens (primary N) is 4. The standard InChI is InChI=1S/C39H48N20O23P4/c40-29-19-33(48-6-44-29)56(10-52-19)1-15(81-85(69,70)76-5-17-23(61)26(64)37(77-17)57-11-53-20-30(41)45-7-49-34(20)57)14(60)2-75-86(71,72)82-28-25(63)16(78-39(28)59-13-55-22-32(43)47-9-51-36(22)59)3-73-83(65)80-27-24(62)18(4-74-84(66,67)68)79-38(27)58-12-54-21-31(42)46-8-50-35(21)58/h6-18,23-28,37-39,60-64H,1-5H2,(H11-,40,41,42,43,44,45,46,47,48,49,50,51,66,67,68,69,70,71,72)/p+1/t14-,15+,16-,17-,18-,23-,24-,25-,26-,27-,28-,37-,38-,39-/m1/s1. The molecule has 0 saturated carbocycles. The van der Waals surface area contributed by atoms with Crippen LogP contribution in [0.2, 0.25) is 0 Å². The van der Waals surface area contributed by atoms with Crippen molar-refractivity contribution in [2.24, 2.45) is 0 Å². The Hall–Kier alpha value is -6.57. The fourth-order valence-corrected chi connectivity index (χ4v) is 12.4. The number of phosphoric ester groups is 3. The number of ether oxygens (including phenoxy) is 3. The zero-order chi connectivity index (χ0) is 61.1. The summed E-state index contributed by atoms with van der Waals surface area (Å²) in [7, 11) is -19.5. The molecule has 0 aromatic carbocycles. The Balaban J connectivity index is 0.786. The van der Waals surface area contributed by atoms with Gasteiger partial charge in [0.2, 0.25) is 0 Å². The Morgan fingerprint density at radius 2 is 0.977 bits per heavy atom. The lowest BCUT2D eigenvalue weighted by atomic mass is 10.1. The topological polar surface area (TPSA) is 621 Å². The van der Waals surface area contributed by atoms with Crippen molar-refractivity contribution in [3.05, 3.63) is 50.6 Å². The van der Waals surface area contributed by atoms with E-state index in [1.165, 1.54) is 20.0 Å². The first-order valence-corrected chi connectivity index (χ1v) is 30.3. The molecule has 86 heavy (non-hydrogen) atoms. The summed E-state index contributed by atoms with van der Waals surface area (Å²) in [5, 5.41) is 56.5. The molecule has 11 heterocycles. The quantitative estimate of drug-likeness (QED) is 0.0259. The maximum absolute atomic E-state index is 14.0. The van der Waals surface area contributed by atoms with Gasteiger partial charge in [-0.25, -0.2) is 73.5 Å². The largest absolute Gasteiger partial charge is 0.698 e. The van der Waals surface area contributed by atoms with Gasteiger partial charge >= 0.3 is 31.7 Å². The number of aliphatic hydroxyl groups is 5. The zero-order valence-electron chi connectivity index (χ0n) is 43.2. The van der Waals surface area contributed by atoms with Gasteiger partial charge in [0.15, 0.2) is 70.6 Å². The van der Waals surface area contributed by atoms with Gasteiger partial charge in [-0.3, -0.25) is 36.3 Å². The molecule has 0 aliphatic carbocycles. The molecule has 3 aliphatic rings. The predicted molar refractivity (Wildman–Crippen MR) is 278 cm³/mol. The molecule has 3 unspecified atom stereocenters. The SMILES string of the molecule is Nc1ncnc2c1ncn2C[C@H](OP(=O)(O)OC[C@H]1O[C@@H](n2cnc3c(N)ncnc32)[C@H](O)[C@@H]1O)[C@H](O)COP(=O)(O)O[C@@H]1[C@H](O)[C@@H](CO[P+](=O)O[C@@H]2[C@H](O)[C@@H](COP(=O)(O)O)O[C@H]2n2cnc3c(N)ncnc32)O[C@H]1n1cnc2c(N)ncnc21. The number of fused-ring (bicyclic) bond motifs is 4. The highest BCUT2D eigenvalue weighted by Gasteiger charge is 2.54. The van der Waals surface area contributed by atoms with Gasteiger partial charge in [-0.05, 0) is 0 Å². The van der Waals surface area contributed by atoms with Crippen LogP contribution in [0.1, 0.15) is 18.7 Å². The number of nitrogen functional groups attached to an aromatic ring is 4. The van der Waals surface area contributed by atoms with Crippen LogP contribution in [0.15, 0.2) is 50.6 Å². The number of nitrogens with zero attached hydrogens (tertiary/aromatic N) is 16. The smallest absolute Gasteiger partial charge is 0.388 e. The molecule has 43 nitrogen and oxygen atoms in total. The van der Waals surface area contributed by atoms with Crippen LogP contribution in [0, 0.1) is 0 Å². The molecule has 462 valence electrons. The van der Waals surface area contributed by atoms with Gasteiger partial charge in [0.25, 0.3) is 0 Å². The number of anilines is 4. The predicted octanol–water partition coefficient (Wildman–Crippen LogP) is -3.66. The average Bonchev–Trinajstić information content (AvgIpc) is 1.80. The highest BCUT2D eigenvalue weighted by Crippen LogP contribution is 2.52. The van der Waals surface area contributed by atoms with Gasteiger partial charge in [-0.15, -0.1) is 9.05 Å². The summed E-state index contributed by atoms with van der Waals surface area (Å²) in [6.07, 6.45) is -15.5. The molecule has 3 fully saturated rings. The molecular weight excluding hydrogens is 1240 g/mol. The molecule has 0 bridgehead atoms. The third-order valence-corrected chi connectivity index (χ3v) is 16.7. The Bertz CT molecular complexity index is 3950. The first kappa shape index (κ1) is 61.1. The number of hydrogen-bond acceptors (Lipinski definition) is 35. The molecule has 8 aromatic rings. The van der Waals surface area contributed by atoms with Gasteiger partial charge in [-0.1, -0.05) is 0 Å². The lowest BCUT2D eigenvalue weighted by Gasteiger charge is -2.27. The summed E-state index contributed by atoms with van der Waals surface area (Å²) in [6.45, 7) is -4.61. The van der Waals surface area contributed by atoms with Crippen molar-refractivity contribution in [2.45, 2.75) is 92.4 Å². The van der Waals surface area contributed by atoms with Crippen molar-refractivity contribution in [1.82, 2.24) is 78.1 Å². The van der Waals surface area contributed by atoms with Crippen LogP contribution >= 0.6 is 31.7 Å². The second kappa shape index (κ2) is 24.2. The first-order chi connectivity index (χ1) is 40.8. The number of hydrogen-bond donors (Lipinski definition) is 13. The summed E-state index contributed by atoms with van der Waals surface area (Å²) in [6, 6.07) is 0. The van der Waals surface area contributed by atoms with Crippen LogP contribution in [0.5, 0.6) is 0 Å². The van der Waals surface area contributed by atoms with Gasteiger partial charge in [0, 0.05) is 4.57 Å². The van der Waals surface area contributed by atoms with E-state index in [0.29, 0.717) is 0 Å². The van der Waals surface area contributed by atoms with E-state index in [1.807, 2.05) is 0 Å². The second-order valence-electron chi connectivity index (χ2n) is 18.9. The molecule has 17 atom stereocenters. The minimum absolute atomic E-state index is 0.00210. The second-order valence-corrected chi connectivity index (χ2v) is 23.9. The third-order valence-electron chi connectivity index (χ3n) is 13.5. The van der Waals surface area contributed by atoms with Crippen LogP contribution in [0.3, 0.4) is 0 Å². The summed E-state index contributed by atoms with van der Waals surface area (Å²) in [4.78, 5) is 89.5. The van der Waals surface area contributed by atoms with E-state index in [-0.39, 0.29) is 67.9 Å². The van der Waals surface area contributed by atoms with E-state index < -0.39 is 151 Å². The third kappa shape index (κ3) is 12.5. The number of imidazole rings is 4. The maximum atomic E-state index is 14.0. The summed E-state index contributed by atoms with van der Waals surface area (Å²) in [5.74, 6) is -0.254. The van der Waals surface area contributed by atoms with Crippen molar-refractivity contribution in [3.8, 4) is 0 Å². The van der Waals surface area contributed by atoms with E-state index in [1.54, 1.807) is 0 Å². The fourth-order valence-electron chi connectivity index (χ4n) is 9.37. The number of aromatic nitrogens is 16. The minimum Gasteiger partial charge on any atom is -0.388 e. The van der Waals surface area contributed by atoms with Crippen LogP contribution in [0.4, 0.5) is 23.3 Å². The highest BCUT2D eigenvalue weighted by atomic mass is 31.2. The molecule has 17 N–H and O–H groups in total. The van der Waals surface area contributed by atoms with Gasteiger partial charge in [0.1, 0.15) is 115 Å². The monoisotopic (exact) mass is 1290 g/mol. The van der Waals surface area contributed by atoms with Crippen molar-refractivity contribution < 1.29 is 109 Å². The molecule has 3 saturated heterocycles. The number of aliphatic hydroxyl groups excluding tert-OH is 5. The van der Waals surface area contributed by atoms with Gasteiger partial charge < -0.3 is 86.8 Å². The lowest BCUT2D eigenvalue weighted by molar-refractivity contribution is -0.0618. The van der Waals surface area contributed by atoms with E-state index in [0.717, 1.165) is 48.9 Å². The Kier molecular flexibility index (Phi) is 17.2. The minimum atomic E-state index is -5.60. The summed E-state index contributed by atoms with van der Waals surface area (Å²) < 4.78 is 112. The lowest BCUT2D eigenvalue weighted by Crippen LogP contribution is -2.37. The number of phosphoric acid groups is 3. The summed E-state index contributed by atoms with van der Waals surface area (Å²) in [5.41, 5.74) is 24.2. The molecule has 0 spiro atoms. The zero-order valence-corrected chi connectivity index (χ0v) is 46.8. The normalized spacial score (nSPS) is 27.8. The molecule has 47 heteroatoms. The van der Waals surface area contributed by atoms with Crippen molar-refractivity contribution in [2.75, 3.05) is 49.4 Å². The molecule has 0 amide bonds. The Labute approximate surface area is 478 Å². The van der Waals surface area contributed by atoms with Crippen LogP contribution in [-0.4, -0.2) is 217 Å². The molecular formula is C39H49N20O23P4+. The van der Waals surface area contributed by atoms with Crippen LogP contribution in [-0.2, 0) is 70.7 Å². The van der Waals surface area contributed by atoms with E-state index in [4.69, 9.17) is 64.3 Å². The molecule has 0 radical (unpaired) electrons. The first-order valence-electron chi connectivity index (χ1n) is 24.7. The Morgan fingerprint density at radius 1 is 0.535 bits per heavy atom. The fraction of sp³-hybridized carbons (Fsp3) is 0.487.